The minimum atomic E-state index is -0.0259. The van der Waals surface area contributed by atoms with Gasteiger partial charge in [-0.2, -0.15) is 0 Å². The van der Waals surface area contributed by atoms with Crippen LogP contribution in [-0.4, -0.2) is 48.8 Å². The first-order chi connectivity index (χ1) is 10.2. The van der Waals surface area contributed by atoms with Crippen molar-refractivity contribution in [3.05, 3.63) is 24.3 Å². The highest BCUT2D eigenvalue weighted by molar-refractivity contribution is 5.77. The zero-order valence-electron chi connectivity index (χ0n) is 12.5. The van der Waals surface area contributed by atoms with Gasteiger partial charge in [0.15, 0.2) is 6.61 Å². The maximum atomic E-state index is 12.1. The van der Waals surface area contributed by atoms with Gasteiger partial charge in [0, 0.05) is 19.7 Å². The van der Waals surface area contributed by atoms with Crippen molar-refractivity contribution in [1.82, 2.24) is 4.90 Å². The van der Waals surface area contributed by atoms with Crippen molar-refractivity contribution in [2.24, 2.45) is 5.92 Å². The fraction of sp³-hybridized carbons (Fsp3) is 0.562. The number of amides is 1. The van der Waals surface area contributed by atoms with E-state index in [1.807, 2.05) is 19.1 Å². The van der Waals surface area contributed by atoms with Crippen LogP contribution in [0.15, 0.2) is 24.3 Å². The third kappa shape index (κ3) is 4.63. The summed E-state index contributed by atoms with van der Waals surface area (Å²) >= 11 is 0. The molecule has 1 aliphatic rings. The third-order valence-electron chi connectivity index (χ3n) is 3.63. The van der Waals surface area contributed by atoms with Crippen molar-refractivity contribution in [1.29, 1.82) is 0 Å². The molecule has 116 valence electrons. The summed E-state index contributed by atoms with van der Waals surface area (Å²) in [4.78, 5) is 13.9. The molecule has 0 aromatic heterocycles. The minimum Gasteiger partial charge on any atom is -0.494 e. The van der Waals surface area contributed by atoms with E-state index in [0.29, 0.717) is 18.9 Å². The Balaban J connectivity index is 1.80. The number of nitrogens with zero attached hydrogens (tertiary/aromatic N) is 1. The van der Waals surface area contributed by atoms with Gasteiger partial charge in [-0.3, -0.25) is 4.79 Å². The molecular weight excluding hydrogens is 270 g/mol. The number of carbonyl (C=O) groups excluding carboxylic acids is 1. The molecule has 0 saturated carbocycles. The van der Waals surface area contributed by atoms with E-state index in [4.69, 9.17) is 9.47 Å². The molecule has 21 heavy (non-hydrogen) atoms. The number of benzene rings is 1. The first-order valence-corrected chi connectivity index (χ1v) is 7.47. The topological polar surface area (TPSA) is 59.0 Å². The molecule has 1 amide bonds. The number of likely N-dealkylation sites (tertiary alicyclic amines) is 1. The highest BCUT2D eigenvalue weighted by Gasteiger charge is 2.23. The maximum Gasteiger partial charge on any atom is 0.260 e. The van der Waals surface area contributed by atoms with Gasteiger partial charge >= 0.3 is 0 Å². The lowest BCUT2D eigenvalue weighted by atomic mass is 9.99. The highest BCUT2D eigenvalue weighted by atomic mass is 16.5. The number of piperidine rings is 1. The number of rotatable bonds is 6. The summed E-state index contributed by atoms with van der Waals surface area (Å²) in [6.45, 7) is 4.11. The molecule has 1 unspecified atom stereocenters. The van der Waals surface area contributed by atoms with Crippen molar-refractivity contribution in [3.8, 4) is 11.5 Å². The number of hydrogen-bond acceptors (Lipinski definition) is 4. The Morgan fingerprint density at radius 2 is 1.95 bits per heavy atom. The summed E-state index contributed by atoms with van der Waals surface area (Å²) < 4.78 is 10.9. The molecule has 5 heteroatoms. The lowest BCUT2D eigenvalue weighted by molar-refractivity contribution is -0.135. The predicted molar refractivity (Wildman–Crippen MR) is 79.5 cm³/mol. The summed E-state index contributed by atoms with van der Waals surface area (Å²) in [7, 11) is 0. The zero-order valence-corrected chi connectivity index (χ0v) is 12.5. The number of aliphatic hydroxyl groups is 1. The van der Waals surface area contributed by atoms with Gasteiger partial charge in [0.05, 0.1) is 6.61 Å². The summed E-state index contributed by atoms with van der Waals surface area (Å²) in [5.41, 5.74) is 0. The van der Waals surface area contributed by atoms with Crippen LogP contribution in [0.2, 0.25) is 0 Å². The second-order valence-corrected chi connectivity index (χ2v) is 5.22. The van der Waals surface area contributed by atoms with Gasteiger partial charge in [0.1, 0.15) is 11.5 Å². The largest absolute Gasteiger partial charge is 0.494 e. The summed E-state index contributed by atoms with van der Waals surface area (Å²) in [6.07, 6.45) is 1.93. The molecule has 2 rings (SSSR count). The van der Waals surface area contributed by atoms with Crippen LogP contribution in [0.4, 0.5) is 0 Å². The molecule has 1 heterocycles. The molecule has 1 aliphatic heterocycles. The normalized spacial score (nSPS) is 18.4. The molecule has 1 atom stereocenters. The first kappa shape index (κ1) is 15.6. The van der Waals surface area contributed by atoms with Crippen LogP contribution in [0.3, 0.4) is 0 Å². The summed E-state index contributed by atoms with van der Waals surface area (Å²) in [6, 6.07) is 7.24. The molecular formula is C16H23NO4. The molecule has 1 N–H and O–H groups in total. The molecule has 0 radical (unpaired) electrons. The van der Waals surface area contributed by atoms with Gasteiger partial charge in [-0.05, 0) is 49.9 Å². The zero-order chi connectivity index (χ0) is 15.1. The number of carbonyl (C=O) groups is 1. The average Bonchev–Trinajstić information content (AvgIpc) is 2.54. The second-order valence-electron chi connectivity index (χ2n) is 5.22. The van der Waals surface area contributed by atoms with Crippen LogP contribution in [-0.2, 0) is 4.79 Å². The van der Waals surface area contributed by atoms with E-state index >= 15 is 0 Å². The second kappa shape index (κ2) is 7.88. The van der Waals surface area contributed by atoms with Gasteiger partial charge < -0.3 is 19.5 Å². The molecule has 1 aromatic carbocycles. The minimum absolute atomic E-state index is 0.0259. The Bertz CT molecular complexity index is 446. The Labute approximate surface area is 125 Å². The monoisotopic (exact) mass is 293 g/mol. The number of ether oxygens (including phenoxy) is 2. The Kier molecular flexibility index (Phi) is 5.87. The van der Waals surface area contributed by atoms with Crippen LogP contribution < -0.4 is 9.47 Å². The van der Waals surface area contributed by atoms with E-state index in [1.165, 1.54) is 0 Å². The number of hydrogen-bond donors (Lipinski definition) is 1. The van der Waals surface area contributed by atoms with Gasteiger partial charge in [0.2, 0.25) is 0 Å². The van der Waals surface area contributed by atoms with Crippen molar-refractivity contribution in [2.75, 3.05) is 32.9 Å². The van der Waals surface area contributed by atoms with Crippen molar-refractivity contribution in [3.63, 3.8) is 0 Å². The van der Waals surface area contributed by atoms with Crippen molar-refractivity contribution < 1.29 is 19.4 Å². The third-order valence-corrected chi connectivity index (χ3v) is 3.63. The fourth-order valence-corrected chi connectivity index (χ4v) is 2.48. The van der Waals surface area contributed by atoms with Crippen molar-refractivity contribution >= 4 is 5.91 Å². The van der Waals surface area contributed by atoms with E-state index in [0.717, 1.165) is 25.1 Å². The van der Waals surface area contributed by atoms with Gasteiger partial charge in [-0.1, -0.05) is 0 Å². The molecule has 0 bridgehead atoms. The lowest BCUT2D eigenvalue weighted by Gasteiger charge is -2.31. The molecule has 0 spiro atoms. The van der Waals surface area contributed by atoms with E-state index in [1.54, 1.807) is 17.0 Å². The molecule has 1 fully saturated rings. The summed E-state index contributed by atoms with van der Waals surface area (Å²) in [5.74, 6) is 1.62. The van der Waals surface area contributed by atoms with Crippen LogP contribution >= 0.6 is 0 Å². The standard InChI is InChI=1S/C16H23NO4/c1-2-20-14-5-7-15(8-6-14)21-12-16(19)17-9-3-4-13(10-17)11-18/h5-8,13,18H,2-4,9-12H2,1H3. The van der Waals surface area contributed by atoms with Crippen LogP contribution in [0.5, 0.6) is 11.5 Å². The van der Waals surface area contributed by atoms with E-state index in [9.17, 15) is 9.90 Å². The van der Waals surface area contributed by atoms with Crippen LogP contribution in [0.1, 0.15) is 19.8 Å². The van der Waals surface area contributed by atoms with E-state index in [2.05, 4.69) is 0 Å². The molecule has 5 nitrogen and oxygen atoms in total. The molecule has 1 aromatic rings. The predicted octanol–water partition coefficient (Wildman–Crippen LogP) is 1.69. The Hall–Kier alpha value is -1.75. The van der Waals surface area contributed by atoms with Crippen LogP contribution in [0.25, 0.3) is 0 Å². The quantitative estimate of drug-likeness (QED) is 0.867. The highest BCUT2D eigenvalue weighted by Crippen LogP contribution is 2.19. The SMILES string of the molecule is CCOc1ccc(OCC(=O)N2CCCC(CO)C2)cc1. The maximum absolute atomic E-state index is 12.1. The smallest absolute Gasteiger partial charge is 0.260 e. The number of aliphatic hydroxyl groups excluding tert-OH is 1. The summed E-state index contributed by atoms with van der Waals surface area (Å²) in [5, 5.41) is 9.19. The Morgan fingerprint density at radius 1 is 1.29 bits per heavy atom. The fourth-order valence-electron chi connectivity index (χ4n) is 2.48. The molecule has 0 aliphatic carbocycles. The van der Waals surface area contributed by atoms with E-state index in [-0.39, 0.29) is 25.0 Å². The van der Waals surface area contributed by atoms with E-state index < -0.39 is 0 Å². The molecule has 1 saturated heterocycles. The van der Waals surface area contributed by atoms with Gasteiger partial charge in [-0.25, -0.2) is 0 Å². The average molecular weight is 293 g/mol. The Morgan fingerprint density at radius 3 is 2.57 bits per heavy atom. The van der Waals surface area contributed by atoms with Gasteiger partial charge in [0.25, 0.3) is 5.91 Å². The van der Waals surface area contributed by atoms with Crippen LogP contribution in [0, 0.1) is 5.92 Å². The van der Waals surface area contributed by atoms with Gasteiger partial charge in [-0.15, -0.1) is 0 Å². The lowest BCUT2D eigenvalue weighted by Crippen LogP contribution is -2.43. The van der Waals surface area contributed by atoms with Crippen molar-refractivity contribution in [2.45, 2.75) is 19.8 Å². The first-order valence-electron chi connectivity index (χ1n) is 7.47.